The van der Waals surface area contributed by atoms with Gasteiger partial charge in [0.2, 0.25) is 5.95 Å². The van der Waals surface area contributed by atoms with Crippen molar-refractivity contribution in [1.29, 1.82) is 0 Å². The monoisotopic (exact) mass is 413 g/mol. The van der Waals surface area contributed by atoms with Gasteiger partial charge < -0.3 is 14.8 Å². The Hall–Kier alpha value is -2.26. The van der Waals surface area contributed by atoms with E-state index in [1.54, 1.807) is 6.20 Å². The maximum atomic E-state index is 6.34. The molecule has 5 heterocycles. The summed E-state index contributed by atoms with van der Waals surface area (Å²) in [7, 11) is 4.19. The van der Waals surface area contributed by atoms with Gasteiger partial charge in [0.05, 0.1) is 23.7 Å². The number of aromatic nitrogens is 6. The molecule has 0 radical (unpaired) electrons. The zero-order valence-corrected chi connectivity index (χ0v) is 17.5. The van der Waals surface area contributed by atoms with E-state index in [1.807, 2.05) is 11.6 Å². The summed E-state index contributed by atoms with van der Waals surface area (Å²) in [5.74, 6) is 1.04. The minimum absolute atomic E-state index is 0.301. The molecule has 0 amide bonds. The number of hydrogen-bond donors (Lipinski definition) is 1. The number of fused-ring (bicyclic) bond motifs is 2. The predicted molar refractivity (Wildman–Crippen MR) is 115 cm³/mol. The lowest BCUT2D eigenvalue weighted by atomic mass is 9.60. The van der Waals surface area contributed by atoms with Crippen molar-refractivity contribution in [2.24, 2.45) is 0 Å². The minimum atomic E-state index is -0.333. The van der Waals surface area contributed by atoms with E-state index in [4.69, 9.17) is 31.2 Å². The fourth-order valence-electron chi connectivity index (χ4n) is 3.99. The summed E-state index contributed by atoms with van der Waals surface area (Å²) in [4.78, 5) is 9.16. The van der Waals surface area contributed by atoms with Crippen LogP contribution in [0.15, 0.2) is 6.20 Å². The lowest BCUT2D eigenvalue weighted by Gasteiger charge is -2.25. The van der Waals surface area contributed by atoms with Crippen LogP contribution >= 0.6 is 11.6 Å². The molecule has 2 aliphatic heterocycles. The number of nitrogens with one attached hydrogen (secondary N) is 1. The summed E-state index contributed by atoms with van der Waals surface area (Å²) in [6.07, 6.45) is 4.31. The third-order valence-corrected chi connectivity index (χ3v) is 6.08. The number of ether oxygens (including phenoxy) is 2. The molecular weight excluding hydrogens is 391 g/mol. The summed E-state index contributed by atoms with van der Waals surface area (Å²) in [6.45, 7) is 4.04. The molecule has 0 aliphatic carbocycles. The van der Waals surface area contributed by atoms with E-state index >= 15 is 0 Å². The van der Waals surface area contributed by atoms with Crippen LogP contribution in [0.3, 0.4) is 0 Å². The van der Waals surface area contributed by atoms with Gasteiger partial charge in [0.1, 0.15) is 21.4 Å². The van der Waals surface area contributed by atoms with Crippen molar-refractivity contribution in [3.8, 4) is 5.88 Å². The normalized spacial score (nSPS) is 19.4. The molecule has 1 fully saturated rings. The largest absolute Gasteiger partial charge is 0.475 e. The van der Waals surface area contributed by atoms with Crippen molar-refractivity contribution in [3.63, 3.8) is 0 Å². The van der Waals surface area contributed by atoms with Crippen LogP contribution in [0.5, 0.6) is 5.88 Å². The van der Waals surface area contributed by atoms with Crippen molar-refractivity contribution in [3.05, 3.63) is 17.0 Å². The van der Waals surface area contributed by atoms with E-state index in [9.17, 15) is 0 Å². The second-order valence-corrected chi connectivity index (χ2v) is 8.58. The van der Waals surface area contributed by atoms with Crippen molar-refractivity contribution in [1.82, 2.24) is 29.5 Å². The molecule has 29 heavy (non-hydrogen) atoms. The molecule has 2 aliphatic rings. The third-order valence-electron chi connectivity index (χ3n) is 5.80. The van der Waals surface area contributed by atoms with Crippen LogP contribution < -0.4 is 10.1 Å². The van der Waals surface area contributed by atoms with Gasteiger partial charge in [0, 0.05) is 24.7 Å². The Kier molecular flexibility index (Phi) is 4.47. The highest BCUT2D eigenvalue weighted by atomic mass is 35.5. The van der Waals surface area contributed by atoms with Crippen molar-refractivity contribution >= 4 is 50.0 Å². The number of hydrogen-bond acceptors (Lipinski definition) is 7. The van der Waals surface area contributed by atoms with Crippen LogP contribution in [0.1, 0.15) is 31.0 Å². The third kappa shape index (κ3) is 3.16. The lowest BCUT2D eigenvalue weighted by molar-refractivity contribution is 0.0652. The van der Waals surface area contributed by atoms with Gasteiger partial charge in [-0.1, -0.05) is 11.6 Å². The van der Waals surface area contributed by atoms with Gasteiger partial charge in [-0.2, -0.15) is 10.1 Å². The van der Waals surface area contributed by atoms with E-state index < -0.39 is 0 Å². The summed E-state index contributed by atoms with van der Waals surface area (Å²) < 4.78 is 15.5. The first-order valence-electron chi connectivity index (χ1n) is 9.92. The molecular formula is C17H22B2ClN7O2. The van der Waals surface area contributed by atoms with Crippen molar-refractivity contribution in [2.75, 3.05) is 25.1 Å². The van der Waals surface area contributed by atoms with E-state index in [-0.39, 0.29) is 5.34 Å². The summed E-state index contributed by atoms with van der Waals surface area (Å²) in [6, 6.07) is 0.301. The van der Waals surface area contributed by atoms with Crippen LogP contribution in [-0.2, 0) is 10.1 Å². The summed E-state index contributed by atoms with van der Waals surface area (Å²) in [5, 5.41) is 13.4. The number of rotatable bonds is 1. The van der Waals surface area contributed by atoms with Crippen LogP contribution in [-0.4, -0.2) is 65.0 Å². The standard InChI is InChI=1S/C17H22B2ClN7O2/c1-9-12-15(25-26(9)10-2-5-28-6-3-10)29-7-4-17(18,19)27-14-11(13(20)24-27)8-21-16(22-12)23-14/h8,10H,2-7,18-19H2,1H3,(H,21,22,23). The first-order valence-corrected chi connectivity index (χ1v) is 10.3. The number of anilines is 2. The van der Waals surface area contributed by atoms with Crippen LogP contribution in [0.4, 0.5) is 11.6 Å². The Labute approximate surface area is 174 Å². The van der Waals surface area contributed by atoms with Gasteiger partial charge in [0.15, 0.2) is 10.8 Å². The Morgan fingerprint density at radius 1 is 1.24 bits per heavy atom. The zero-order chi connectivity index (χ0) is 20.2. The topological polar surface area (TPSA) is 91.9 Å². The van der Waals surface area contributed by atoms with Gasteiger partial charge in [-0.15, -0.1) is 5.10 Å². The summed E-state index contributed by atoms with van der Waals surface area (Å²) >= 11 is 6.34. The molecule has 3 aromatic rings. The van der Waals surface area contributed by atoms with E-state index in [1.165, 1.54) is 0 Å². The van der Waals surface area contributed by atoms with Crippen LogP contribution in [0.2, 0.25) is 5.15 Å². The highest BCUT2D eigenvalue weighted by Gasteiger charge is 2.29. The SMILES string of the molecule is BC1(B)CCOc2nn(C3CCOCC3)c(C)c2Nc2ncc3c(Cl)nn1c3n2. The number of halogens is 1. The fourth-order valence-corrected chi connectivity index (χ4v) is 4.20. The van der Waals surface area contributed by atoms with Gasteiger partial charge in [0.25, 0.3) is 5.88 Å². The molecule has 12 heteroatoms. The molecule has 0 unspecified atom stereocenters. The maximum absolute atomic E-state index is 6.34. The van der Waals surface area contributed by atoms with Crippen molar-refractivity contribution < 1.29 is 9.47 Å². The van der Waals surface area contributed by atoms with Gasteiger partial charge in [-0.25, -0.2) is 4.98 Å². The molecule has 0 spiro atoms. The average molecular weight is 413 g/mol. The van der Waals surface area contributed by atoms with Gasteiger partial charge >= 0.3 is 0 Å². The Morgan fingerprint density at radius 3 is 2.83 bits per heavy atom. The quantitative estimate of drug-likeness (QED) is 0.588. The fraction of sp³-hybridized carbons (Fsp3) is 0.529. The van der Waals surface area contributed by atoms with Crippen molar-refractivity contribution in [2.45, 2.75) is 37.6 Å². The van der Waals surface area contributed by atoms with Crippen LogP contribution in [0, 0.1) is 6.92 Å². The molecule has 0 saturated carbocycles. The highest BCUT2D eigenvalue weighted by molar-refractivity contribution is 6.38. The van der Waals surface area contributed by atoms with Crippen LogP contribution in [0.25, 0.3) is 11.0 Å². The molecule has 0 atom stereocenters. The van der Waals surface area contributed by atoms with Gasteiger partial charge in [-0.3, -0.25) is 9.36 Å². The molecule has 0 aromatic carbocycles. The average Bonchev–Trinajstić information content (AvgIpc) is 3.20. The van der Waals surface area contributed by atoms with E-state index in [0.29, 0.717) is 35.3 Å². The Bertz CT molecular complexity index is 1080. The predicted octanol–water partition coefficient (Wildman–Crippen LogP) is 0.739. The van der Waals surface area contributed by atoms with E-state index in [0.717, 1.165) is 49.2 Å². The second kappa shape index (κ2) is 6.91. The minimum Gasteiger partial charge on any atom is -0.475 e. The number of nitrogens with zero attached hydrogens (tertiary/aromatic N) is 6. The molecule has 150 valence electrons. The molecule has 2 bridgehead atoms. The first kappa shape index (κ1) is 18.7. The Balaban J connectivity index is 1.62. The highest BCUT2D eigenvalue weighted by Crippen LogP contribution is 2.35. The van der Waals surface area contributed by atoms with E-state index in [2.05, 4.69) is 35.8 Å². The van der Waals surface area contributed by atoms with Gasteiger partial charge in [-0.05, 0) is 26.2 Å². The zero-order valence-electron chi connectivity index (χ0n) is 16.8. The summed E-state index contributed by atoms with van der Waals surface area (Å²) in [5.41, 5.74) is 2.50. The molecule has 3 aromatic heterocycles. The molecule has 9 nitrogen and oxygen atoms in total. The Morgan fingerprint density at radius 2 is 2.03 bits per heavy atom. The molecule has 5 rings (SSSR count). The smallest absolute Gasteiger partial charge is 0.257 e. The molecule has 1 saturated heterocycles. The lowest BCUT2D eigenvalue weighted by Crippen LogP contribution is -2.37. The maximum Gasteiger partial charge on any atom is 0.257 e. The first-order chi connectivity index (χ1) is 13.9. The second-order valence-electron chi connectivity index (χ2n) is 8.22. The molecule has 1 N–H and O–H groups in total.